The van der Waals surface area contributed by atoms with Crippen LogP contribution in [0.3, 0.4) is 0 Å². The summed E-state index contributed by atoms with van der Waals surface area (Å²) in [5.74, 6) is -1.17. The van der Waals surface area contributed by atoms with Gasteiger partial charge in [-0.15, -0.1) is 0 Å². The zero-order valence-electron chi connectivity index (χ0n) is 14.7. The minimum absolute atomic E-state index is 0.0483. The lowest BCUT2D eigenvalue weighted by molar-refractivity contribution is -0.119. The molecule has 0 atom stereocenters. The van der Waals surface area contributed by atoms with Crippen LogP contribution in [0.2, 0.25) is 0 Å². The van der Waals surface area contributed by atoms with E-state index in [1.54, 1.807) is 6.07 Å². The number of anilines is 1. The van der Waals surface area contributed by atoms with Crippen molar-refractivity contribution in [3.8, 4) is 0 Å². The Bertz CT molecular complexity index is 838. The van der Waals surface area contributed by atoms with Crippen LogP contribution in [0.1, 0.15) is 30.1 Å². The van der Waals surface area contributed by atoms with Gasteiger partial charge < -0.3 is 21.7 Å². The van der Waals surface area contributed by atoms with Crippen molar-refractivity contribution in [2.24, 2.45) is 16.5 Å². The topological polar surface area (TPSA) is 148 Å². The fourth-order valence-electron chi connectivity index (χ4n) is 2.94. The third-order valence-corrected chi connectivity index (χ3v) is 5.21. The number of nitrogens with one attached hydrogen (secondary N) is 1. The molecule has 0 saturated carbocycles. The van der Waals surface area contributed by atoms with Gasteiger partial charge in [0.2, 0.25) is 5.91 Å². The van der Waals surface area contributed by atoms with E-state index in [0.29, 0.717) is 31.6 Å². The van der Waals surface area contributed by atoms with Gasteiger partial charge in [-0.25, -0.2) is 8.42 Å². The number of aliphatic imine (C=N–C) groups is 1. The summed E-state index contributed by atoms with van der Waals surface area (Å²) in [6, 6.07) is 4.45. The van der Waals surface area contributed by atoms with Crippen molar-refractivity contribution >= 4 is 33.3 Å². The van der Waals surface area contributed by atoms with Crippen molar-refractivity contribution in [2.75, 3.05) is 24.2 Å². The first-order chi connectivity index (χ1) is 12.1. The molecular formula is C16H23N5O4S. The Kier molecular flexibility index (Phi) is 5.86. The summed E-state index contributed by atoms with van der Waals surface area (Å²) in [6.07, 6.45) is 2.50. The van der Waals surface area contributed by atoms with Gasteiger partial charge in [-0.1, -0.05) is 0 Å². The van der Waals surface area contributed by atoms with E-state index in [9.17, 15) is 18.0 Å². The fraction of sp³-hybridized carbons (Fsp3) is 0.438. The molecule has 1 aromatic carbocycles. The lowest BCUT2D eigenvalue weighted by atomic mass is 10.0. The van der Waals surface area contributed by atoms with E-state index in [0.717, 1.165) is 6.26 Å². The molecule has 1 saturated heterocycles. The Balaban J connectivity index is 2.31. The molecule has 0 aromatic heterocycles. The smallest absolute Gasteiger partial charge is 0.280 e. The van der Waals surface area contributed by atoms with Crippen LogP contribution in [0.5, 0.6) is 0 Å². The van der Waals surface area contributed by atoms with E-state index in [1.165, 1.54) is 19.1 Å². The molecule has 26 heavy (non-hydrogen) atoms. The molecule has 0 radical (unpaired) electrons. The number of carbonyl (C=O) groups excluding carboxylic acids is 2. The Morgan fingerprint density at radius 1 is 1.23 bits per heavy atom. The SMILES string of the molecule is CC(=O)NC1CCN(c2ccc(C(=O)N=C(N)N)cc2S(C)(=O)=O)CC1. The van der Waals surface area contributed by atoms with E-state index in [2.05, 4.69) is 10.3 Å². The predicted octanol–water partition coefficient (Wildman–Crippen LogP) is -0.391. The van der Waals surface area contributed by atoms with Crippen LogP contribution in [-0.4, -0.2) is 51.6 Å². The van der Waals surface area contributed by atoms with Crippen molar-refractivity contribution in [2.45, 2.75) is 30.7 Å². The second-order valence-electron chi connectivity index (χ2n) is 6.26. The summed E-state index contributed by atoms with van der Waals surface area (Å²) < 4.78 is 24.4. The Labute approximate surface area is 152 Å². The van der Waals surface area contributed by atoms with Crippen molar-refractivity contribution < 1.29 is 18.0 Å². The van der Waals surface area contributed by atoms with Crippen molar-refractivity contribution in [1.29, 1.82) is 0 Å². The molecule has 0 aliphatic carbocycles. The molecule has 1 aliphatic heterocycles. The molecule has 1 fully saturated rings. The zero-order valence-corrected chi connectivity index (χ0v) is 15.5. The summed E-state index contributed by atoms with van der Waals surface area (Å²) in [5, 5.41) is 2.87. The number of hydrogen-bond donors (Lipinski definition) is 3. The van der Waals surface area contributed by atoms with E-state index in [4.69, 9.17) is 11.5 Å². The van der Waals surface area contributed by atoms with Crippen LogP contribution in [0.25, 0.3) is 0 Å². The van der Waals surface area contributed by atoms with Gasteiger partial charge >= 0.3 is 0 Å². The zero-order chi connectivity index (χ0) is 19.5. The summed E-state index contributed by atoms with van der Waals surface area (Å²) >= 11 is 0. The number of benzene rings is 1. The monoisotopic (exact) mass is 381 g/mol. The maximum atomic E-state index is 12.2. The van der Waals surface area contributed by atoms with Gasteiger partial charge in [0.25, 0.3) is 5.91 Å². The van der Waals surface area contributed by atoms with Gasteiger partial charge in [0.05, 0.1) is 10.6 Å². The second kappa shape index (κ2) is 7.73. The van der Waals surface area contributed by atoms with E-state index >= 15 is 0 Å². The van der Waals surface area contributed by atoms with Gasteiger partial charge in [-0.05, 0) is 31.0 Å². The third kappa shape index (κ3) is 4.94. The molecule has 0 unspecified atom stereocenters. The van der Waals surface area contributed by atoms with Crippen molar-refractivity contribution in [1.82, 2.24) is 5.32 Å². The van der Waals surface area contributed by atoms with Crippen LogP contribution < -0.4 is 21.7 Å². The summed E-state index contributed by atoms with van der Waals surface area (Å²) in [4.78, 5) is 28.6. The Hall–Kier alpha value is -2.62. The number of rotatable bonds is 4. The standard InChI is InChI=1S/C16H23N5O4S/c1-10(22)19-12-5-7-21(8-6-12)13-4-3-11(15(23)20-16(17)18)9-14(13)26(2,24)25/h3-4,9,12H,5-8H2,1-2H3,(H,19,22)(H4,17,18,20,23). The molecule has 10 heteroatoms. The fourth-order valence-corrected chi connectivity index (χ4v) is 3.86. The van der Waals surface area contributed by atoms with Crippen molar-refractivity contribution in [3.63, 3.8) is 0 Å². The highest BCUT2D eigenvalue weighted by Crippen LogP contribution is 2.29. The van der Waals surface area contributed by atoms with Gasteiger partial charge in [-0.3, -0.25) is 9.59 Å². The average molecular weight is 381 g/mol. The van der Waals surface area contributed by atoms with Gasteiger partial charge in [-0.2, -0.15) is 4.99 Å². The molecule has 0 spiro atoms. The number of nitrogens with zero attached hydrogens (tertiary/aromatic N) is 2. The van der Waals surface area contributed by atoms with E-state index in [-0.39, 0.29) is 28.4 Å². The summed E-state index contributed by atoms with van der Waals surface area (Å²) in [6.45, 7) is 2.66. The van der Waals surface area contributed by atoms with E-state index in [1.807, 2.05) is 4.90 Å². The molecule has 9 nitrogen and oxygen atoms in total. The van der Waals surface area contributed by atoms with Crippen LogP contribution in [0.15, 0.2) is 28.1 Å². The summed E-state index contributed by atoms with van der Waals surface area (Å²) in [7, 11) is -3.57. The number of hydrogen-bond acceptors (Lipinski definition) is 5. The lowest BCUT2D eigenvalue weighted by Crippen LogP contribution is -2.44. The molecule has 1 aromatic rings. The van der Waals surface area contributed by atoms with Crippen LogP contribution >= 0.6 is 0 Å². The first kappa shape index (κ1) is 19.7. The van der Waals surface area contributed by atoms with Gasteiger partial charge in [0.15, 0.2) is 15.8 Å². The third-order valence-electron chi connectivity index (χ3n) is 4.08. The Morgan fingerprint density at radius 3 is 2.35 bits per heavy atom. The molecular weight excluding hydrogens is 358 g/mol. The quantitative estimate of drug-likeness (QED) is 0.475. The molecule has 1 aliphatic rings. The van der Waals surface area contributed by atoms with Crippen molar-refractivity contribution in [3.05, 3.63) is 23.8 Å². The number of amides is 2. The summed E-state index contributed by atoms with van der Waals surface area (Å²) in [5.41, 5.74) is 11.0. The molecule has 2 amide bonds. The van der Waals surface area contributed by atoms with Crippen LogP contribution in [0, 0.1) is 0 Å². The average Bonchev–Trinajstić information content (AvgIpc) is 2.53. The number of guanidine groups is 1. The molecule has 5 N–H and O–H groups in total. The first-order valence-electron chi connectivity index (χ1n) is 8.08. The largest absolute Gasteiger partial charge is 0.370 e. The maximum absolute atomic E-state index is 12.2. The minimum atomic E-state index is -3.57. The number of carbonyl (C=O) groups is 2. The number of nitrogens with two attached hydrogens (primary N) is 2. The normalized spacial score (nSPS) is 15.4. The molecule has 0 bridgehead atoms. The maximum Gasteiger partial charge on any atom is 0.280 e. The number of sulfone groups is 1. The van der Waals surface area contributed by atoms with Gasteiger partial charge in [0.1, 0.15) is 0 Å². The lowest BCUT2D eigenvalue weighted by Gasteiger charge is -2.34. The van der Waals surface area contributed by atoms with Crippen LogP contribution in [-0.2, 0) is 14.6 Å². The first-order valence-corrected chi connectivity index (χ1v) is 9.97. The highest BCUT2D eigenvalue weighted by molar-refractivity contribution is 7.90. The minimum Gasteiger partial charge on any atom is -0.370 e. The highest BCUT2D eigenvalue weighted by atomic mass is 32.2. The van der Waals surface area contributed by atoms with E-state index < -0.39 is 15.7 Å². The molecule has 2 rings (SSSR count). The molecule has 1 heterocycles. The second-order valence-corrected chi connectivity index (χ2v) is 8.24. The van der Waals surface area contributed by atoms with Crippen LogP contribution in [0.4, 0.5) is 5.69 Å². The number of piperidine rings is 1. The predicted molar refractivity (Wildman–Crippen MR) is 98.7 cm³/mol. The van der Waals surface area contributed by atoms with Gasteiger partial charge in [0, 0.05) is 37.9 Å². The molecule has 142 valence electrons. The Morgan fingerprint density at radius 2 is 1.85 bits per heavy atom. The highest BCUT2D eigenvalue weighted by Gasteiger charge is 2.25.